The lowest BCUT2D eigenvalue weighted by atomic mass is 9.94. The number of alkyl halides is 1. The van der Waals surface area contributed by atoms with E-state index in [9.17, 15) is 19.7 Å². The molecule has 3 heterocycles. The summed E-state index contributed by atoms with van der Waals surface area (Å²) in [6.45, 7) is 0.240. The number of hydrogen-bond acceptors (Lipinski definition) is 8. The first-order chi connectivity index (χ1) is 22.2. The molecule has 2 aromatic heterocycles. The van der Waals surface area contributed by atoms with Gasteiger partial charge in [0.2, 0.25) is 5.75 Å². The van der Waals surface area contributed by atoms with Gasteiger partial charge in [-0.05, 0) is 34.1 Å². The van der Waals surface area contributed by atoms with Crippen LogP contribution >= 0.6 is 11.6 Å². The van der Waals surface area contributed by atoms with Crippen LogP contribution in [0.1, 0.15) is 11.5 Å². The molecule has 5 aromatic rings. The lowest BCUT2D eigenvalue weighted by Crippen LogP contribution is -2.34. The van der Waals surface area contributed by atoms with E-state index in [1.165, 1.54) is 56.9 Å². The number of fused-ring (bicyclic) bond motifs is 4. The van der Waals surface area contributed by atoms with Crippen molar-refractivity contribution in [1.29, 1.82) is 0 Å². The third-order valence-electron chi connectivity index (χ3n) is 8.28. The number of ether oxygens (including phenoxy) is 4. The Bertz CT molecular complexity index is 2040. The van der Waals surface area contributed by atoms with Crippen molar-refractivity contribution in [3.63, 3.8) is 0 Å². The summed E-state index contributed by atoms with van der Waals surface area (Å²) >= 11 is 6.52. The van der Waals surface area contributed by atoms with E-state index in [-0.39, 0.29) is 29.8 Å². The largest absolute Gasteiger partial charge is 0.493 e. The number of amides is 2. The molecule has 0 spiro atoms. The summed E-state index contributed by atoms with van der Waals surface area (Å²) in [5.41, 5.74) is 2.09. The van der Waals surface area contributed by atoms with Gasteiger partial charge in [0.1, 0.15) is 11.2 Å². The van der Waals surface area contributed by atoms with E-state index in [1.54, 1.807) is 35.4 Å². The Kier molecular flexibility index (Phi) is 7.86. The molecule has 0 saturated carbocycles. The number of aromatic nitrogens is 2. The number of aryl methyl sites for hydroxylation is 1. The zero-order chi connectivity index (χ0) is 32.9. The average molecular weight is 648 g/mol. The number of nitrogens with zero attached hydrogens (tertiary/aromatic N) is 5. The molecule has 238 valence electrons. The van der Waals surface area contributed by atoms with Gasteiger partial charge in [-0.3, -0.25) is 9.47 Å². The summed E-state index contributed by atoms with van der Waals surface area (Å²) in [6.07, 6.45) is 2.29. The minimum Gasteiger partial charge on any atom is -0.493 e. The fourth-order valence-corrected chi connectivity index (χ4v) is 6.55. The number of hydrogen-bond donors (Lipinski definition) is 0. The second-order valence-corrected chi connectivity index (χ2v) is 10.9. The molecule has 0 saturated heterocycles. The number of rotatable bonds is 7. The molecule has 6 rings (SSSR count). The van der Waals surface area contributed by atoms with E-state index in [0.717, 1.165) is 15.8 Å². The van der Waals surface area contributed by atoms with Gasteiger partial charge >= 0.3 is 17.9 Å². The van der Waals surface area contributed by atoms with Gasteiger partial charge in [-0.15, -0.1) is 11.6 Å². The summed E-state index contributed by atoms with van der Waals surface area (Å²) in [4.78, 5) is 42.2. The summed E-state index contributed by atoms with van der Waals surface area (Å²) in [5, 5.41) is 14.2. The highest BCUT2D eigenvalue weighted by Crippen LogP contribution is 2.49. The molecule has 1 unspecified atom stereocenters. The third kappa shape index (κ3) is 4.53. The van der Waals surface area contributed by atoms with Gasteiger partial charge in [0, 0.05) is 41.4 Å². The molecular weight excluding hydrogens is 618 g/mol. The van der Waals surface area contributed by atoms with Crippen LogP contribution in [0.3, 0.4) is 0 Å². The van der Waals surface area contributed by atoms with Crippen LogP contribution in [-0.2, 0) is 11.8 Å². The van der Waals surface area contributed by atoms with Gasteiger partial charge in [0.15, 0.2) is 11.5 Å². The van der Waals surface area contributed by atoms with Crippen molar-refractivity contribution in [2.75, 3.05) is 50.7 Å². The Labute approximate surface area is 268 Å². The highest BCUT2D eigenvalue weighted by molar-refractivity contribution is 6.19. The normalized spacial score (nSPS) is 14.0. The van der Waals surface area contributed by atoms with Crippen LogP contribution in [0.5, 0.6) is 17.2 Å². The van der Waals surface area contributed by atoms with Crippen LogP contribution in [0, 0.1) is 10.1 Å². The molecule has 0 radical (unpaired) electrons. The maximum absolute atomic E-state index is 14.5. The van der Waals surface area contributed by atoms with E-state index < -0.39 is 17.0 Å². The predicted octanol–water partition coefficient (Wildman–Crippen LogP) is 6.78. The quantitative estimate of drug-likeness (QED) is 0.107. The van der Waals surface area contributed by atoms with Crippen LogP contribution < -0.4 is 24.0 Å². The van der Waals surface area contributed by atoms with Crippen LogP contribution in [0.25, 0.3) is 21.7 Å². The van der Waals surface area contributed by atoms with E-state index in [2.05, 4.69) is 0 Å². The molecule has 1 aliphatic rings. The highest BCUT2D eigenvalue weighted by Gasteiger charge is 2.38. The third-order valence-corrected chi connectivity index (χ3v) is 8.65. The number of carbonyl (C=O) groups is 2. The van der Waals surface area contributed by atoms with Crippen LogP contribution in [0.15, 0.2) is 60.9 Å². The van der Waals surface area contributed by atoms with Crippen molar-refractivity contribution in [3.05, 3.63) is 76.6 Å². The average Bonchev–Trinajstić information content (AvgIpc) is 3.78. The monoisotopic (exact) mass is 647 g/mol. The molecule has 0 fully saturated rings. The van der Waals surface area contributed by atoms with Crippen molar-refractivity contribution in [3.8, 4) is 17.2 Å². The summed E-state index contributed by atoms with van der Waals surface area (Å²) < 4.78 is 24.7. The first kappa shape index (κ1) is 30.6. The molecular formula is C32H30ClN5O8. The van der Waals surface area contributed by atoms with Crippen molar-refractivity contribution >= 4 is 68.3 Å². The van der Waals surface area contributed by atoms with Crippen molar-refractivity contribution < 1.29 is 33.5 Å². The second kappa shape index (κ2) is 11.8. The molecule has 14 heteroatoms. The SMILES string of the molecule is COC(=O)N(c1ccn(C)c1[N+](=O)[O-])c1cc2c(c3ccccc13)C(CCl)CN2C(=O)n1ccc2cc(OC)c(OC)c(OC)c21. The van der Waals surface area contributed by atoms with Crippen LogP contribution in [-0.4, -0.2) is 67.0 Å². The smallest absolute Gasteiger partial charge is 0.418 e. The number of nitro groups is 1. The van der Waals surface area contributed by atoms with E-state index in [4.69, 9.17) is 30.5 Å². The molecule has 3 aromatic carbocycles. The minimum absolute atomic E-state index is 0.0106. The number of benzene rings is 3. The van der Waals surface area contributed by atoms with Gasteiger partial charge < -0.3 is 29.1 Å². The summed E-state index contributed by atoms with van der Waals surface area (Å²) in [6, 6.07) is 13.6. The van der Waals surface area contributed by atoms with E-state index in [0.29, 0.717) is 44.9 Å². The number of anilines is 3. The Balaban J connectivity index is 1.60. The Morgan fingerprint density at radius 2 is 1.70 bits per heavy atom. The first-order valence-electron chi connectivity index (χ1n) is 14.1. The molecule has 1 atom stereocenters. The fraction of sp³-hybridized carbons (Fsp3) is 0.250. The molecule has 1 aliphatic heterocycles. The van der Waals surface area contributed by atoms with Gasteiger partial charge in [0.05, 0.1) is 53.1 Å². The standard InChI is InChI=1S/C32H30ClN5O8/c1-34-12-11-22(30(34)38(41)42)37(32(40)46-5)23-15-24-26(21-9-7-6-8-20(21)23)19(16-33)17-36(24)31(39)35-13-10-18-14-25(43-2)28(44-3)29(45-4)27(18)35/h6-15,19H,16-17H2,1-5H3. The molecule has 0 N–H and O–H groups in total. The van der Waals surface area contributed by atoms with Gasteiger partial charge in [-0.25, -0.2) is 19.1 Å². The topological polar surface area (TPSA) is 131 Å². The van der Waals surface area contributed by atoms with E-state index in [1.807, 2.05) is 18.2 Å². The zero-order valence-corrected chi connectivity index (χ0v) is 26.4. The van der Waals surface area contributed by atoms with Crippen molar-refractivity contribution in [2.45, 2.75) is 5.92 Å². The van der Waals surface area contributed by atoms with Crippen molar-refractivity contribution in [2.24, 2.45) is 7.05 Å². The summed E-state index contributed by atoms with van der Waals surface area (Å²) in [5.74, 6) is 0.742. The van der Waals surface area contributed by atoms with Gasteiger partial charge in [-0.1, -0.05) is 24.3 Å². The van der Waals surface area contributed by atoms with Gasteiger partial charge in [-0.2, -0.15) is 0 Å². The molecule has 0 aliphatic carbocycles. The van der Waals surface area contributed by atoms with Crippen molar-refractivity contribution in [1.82, 2.24) is 9.13 Å². The second-order valence-electron chi connectivity index (χ2n) is 10.6. The van der Waals surface area contributed by atoms with Gasteiger partial charge in [0.25, 0.3) is 0 Å². The lowest BCUT2D eigenvalue weighted by molar-refractivity contribution is -0.390. The maximum Gasteiger partial charge on any atom is 0.418 e. The first-order valence-corrected chi connectivity index (χ1v) is 14.6. The Hall–Kier alpha value is -5.43. The number of methoxy groups -OCH3 is 4. The highest BCUT2D eigenvalue weighted by atomic mass is 35.5. The summed E-state index contributed by atoms with van der Waals surface area (Å²) in [7, 11) is 7.20. The lowest BCUT2D eigenvalue weighted by Gasteiger charge is -2.25. The van der Waals surface area contributed by atoms with Crippen LogP contribution in [0.2, 0.25) is 0 Å². The van der Waals surface area contributed by atoms with E-state index >= 15 is 0 Å². The van der Waals surface area contributed by atoms with Crippen LogP contribution in [0.4, 0.5) is 32.5 Å². The molecule has 13 nitrogen and oxygen atoms in total. The Morgan fingerprint density at radius 3 is 2.33 bits per heavy atom. The zero-order valence-electron chi connectivity index (χ0n) is 25.6. The predicted molar refractivity (Wildman–Crippen MR) is 174 cm³/mol. The minimum atomic E-state index is -0.841. The maximum atomic E-state index is 14.5. The molecule has 46 heavy (non-hydrogen) atoms. The number of halogens is 1. The fourth-order valence-electron chi connectivity index (χ4n) is 6.30. The Morgan fingerprint density at radius 1 is 0.978 bits per heavy atom. The molecule has 0 bridgehead atoms. The molecule has 2 amide bonds. The number of carbonyl (C=O) groups excluding carboxylic acids is 2.